The zero-order valence-corrected chi connectivity index (χ0v) is 10.7. The highest BCUT2D eigenvalue weighted by Crippen LogP contribution is 2.26. The van der Waals surface area contributed by atoms with Gasteiger partial charge in [0.05, 0.1) is 12.3 Å². The Hall–Kier alpha value is -1.58. The van der Waals surface area contributed by atoms with Crippen molar-refractivity contribution in [2.24, 2.45) is 11.0 Å². The lowest BCUT2D eigenvalue weighted by Crippen LogP contribution is -2.23. The molecule has 17 heavy (non-hydrogen) atoms. The fraction of sp³-hybridized carbons (Fsp3) is 0.538. The van der Waals surface area contributed by atoms with E-state index in [1.807, 2.05) is 13.8 Å². The van der Waals surface area contributed by atoms with Crippen molar-refractivity contribution in [2.75, 3.05) is 6.61 Å². The Balaban J connectivity index is 2.65. The second-order valence-corrected chi connectivity index (χ2v) is 4.26. The van der Waals surface area contributed by atoms with Gasteiger partial charge in [-0.1, -0.05) is 18.2 Å². The van der Waals surface area contributed by atoms with Crippen LogP contribution >= 0.6 is 0 Å². The van der Waals surface area contributed by atoms with Crippen molar-refractivity contribution in [3.63, 3.8) is 0 Å². The monoisotopic (exact) mass is 236 g/mol. The predicted octanol–water partition coefficient (Wildman–Crippen LogP) is 3.02. The van der Waals surface area contributed by atoms with E-state index >= 15 is 0 Å². The van der Waals surface area contributed by atoms with Crippen molar-refractivity contribution in [3.8, 4) is 0 Å². The number of ether oxygens (including phenoxy) is 1. The summed E-state index contributed by atoms with van der Waals surface area (Å²) in [5, 5.41) is 4.10. The highest BCUT2D eigenvalue weighted by Gasteiger charge is 2.18. The first-order valence-corrected chi connectivity index (χ1v) is 5.86. The Morgan fingerprint density at radius 2 is 2.41 bits per heavy atom. The molecule has 1 aliphatic carbocycles. The molecule has 4 heteroatoms. The van der Waals surface area contributed by atoms with E-state index in [2.05, 4.69) is 23.2 Å². The minimum atomic E-state index is -0.509. The van der Waals surface area contributed by atoms with Crippen molar-refractivity contribution in [2.45, 2.75) is 33.6 Å². The van der Waals surface area contributed by atoms with Gasteiger partial charge in [0.25, 0.3) is 0 Å². The van der Waals surface area contributed by atoms with Crippen LogP contribution in [0.15, 0.2) is 28.9 Å². The van der Waals surface area contributed by atoms with Gasteiger partial charge in [0, 0.05) is 0 Å². The first kappa shape index (κ1) is 13.5. The molecule has 94 valence electrons. The third kappa shape index (κ3) is 4.06. The van der Waals surface area contributed by atoms with Crippen LogP contribution in [0.2, 0.25) is 0 Å². The minimum Gasteiger partial charge on any atom is -0.449 e. The van der Waals surface area contributed by atoms with Crippen LogP contribution in [-0.4, -0.2) is 18.4 Å². The number of amides is 1. The quantitative estimate of drug-likeness (QED) is 0.605. The largest absolute Gasteiger partial charge is 0.449 e. The van der Waals surface area contributed by atoms with Crippen molar-refractivity contribution >= 4 is 11.8 Å². The van der Waals surface area contributed by atoms with Crippen LogP contribution in [0.1, 0.15) is 33.6 Å². The van der Waals surface area contributed by atoms with Crippen LogP contribution in [0.3, 0.4) is 0 Å². The Kier molecular flexibility index (Phi) is 4.94. The minimum absolute atomic E-state index is 0.347. The molecule has 0 radical (unpaired) electrons. The molecule has 1 amide bonds. The smallest absolute Gasteiger partial charge is 0.427 e. The van der Waals surface area contributed by atoms with E-state index in [9.17, 15) is 4.79 Å². The van der Waals surface area contributed by atoms with Crippen molar-refractivity contribution in [3.05, 3.63) is 23.8 Å². The molecule has 0 fully saturated rings. The first-order valence-electron chi connectivity index (χ1n) is 5.86. The average Bonchev–Trinajstić information content (AvgIpc) is 2.28. The number of carbonyl (C=O) groups is 1. The van der Waals surface area contributed by atoms with E-state index in [4.69, 9.17) is 4.74 Å². The van der Waals surface area contributed by atoms with Crippen molar-refractivity contribution in [1.29, 1.82) is 0 Å². The maximum atomic E-state index is 11.1. The van der Waals surface area contributed by atoms with Gasteiger partial charge < -0.3 is 4.74 Å². The average molecular weight is 236 g/mol. The molecule has 0 saturated carbocycles. The van der Waals surface area contributed by atoms with E-state index in [0.29, 0.717) is 12.5 Å². The SMILES string of the molecule is C=C(C)[C@H]1CC=C(C)C(=NNC(=O)OCC)C1. The molecule has 0 aliphatic heterocycles. The molecule has 0 aromatic rings. The summed E-state index contributed by atoms with van der Waals surface area (Å²) in [6.45, 7) is 10.1. The van der Waals surface area contributed by atoms with Gasteiger partial charge in [0.1, 0.15) is 0 Å². The van der Waals surface area contributed by atoms with Gasteiger partial charge in [-0.15, -0.1) is 0 Å². The highest BCUT2D eigenvalue weighted by molar-refractivity contribution is 6.01. The number of allylic oxidation sites excluding steroid dienone is 3. The van der Waals surface area contributed by atoms with Crippen LogP contribution in [0.4, 0.5) is 4.79 Å². The molecule has 1 rings (SSSR count). The molecular formula is C13H20N2O2. The van der Waals surface area contributed by atoms with E-state index in [0.717, 1.165) is 29.7 Å². The number of nitrogens with zero attached hydrogens (tertiary/aromatic N) is 1. The fourth-order valence-electron chi connectivity index (χ4n) is 1.70. The topological polar surface area (TPSA) is 50.7 Å². The number of hydrogen-bond donors (Lipinski definition) is 1. The maximum Gasteiger partial charge on any atom is 0.427 e. The maximum absolute atomic E-state index is 11.1. The number of hydrazone groups is 1. The van der Waals surface area contributed by atoms with Gasteiger partial charge in [0.15, 0.2) is 0 Å². The predicted molar refractivity (Wildman–Crippen MR) is 68.9 cm³/mol. The van der Waals surface area contributed by atoms with E-state index in [-0.39, 0.29) is 0 Å². The zero-order chi connectivity index (χ0) is 12.8. The van der Waals surface area contributed by atoms with Gasteiger partial charge in [0.2, 0.25) is 0 Å². The van der Waals surface area contributed by atoms with E-state index in [1.54, 1.807) is 6.92 Å². The highest BCUT2D eigenvalue weighted by atomic mass is 16.5. The molecule has 0 bridgehead atoms. The lowest BCUT2D eigenvalue weighted by molar-refractivity contribution is 0.152. The fourth-order valence-corrected chi connectivity index (χ4v) is 1.70. The second-order valence-electron chi connectivity index (χ2n) is 4.26. The summed E-state index contributed by atoms with van der Waals surface area (Å²) < 4.78 is 4.75. The van der Waals surface area contributed by atoms with Crippen molar-refractivity contribution < 1.29 is 9.53 Å². The van der Waals surface area contributed by atoms with E-state index in [1.165, 1.54) is 0 Å². The summed E-state index contributed by atoms with van der Waals surface area (Å²) in [7, 11) is 0. The standard InChI is InChI=1S/C13H20N2O2/c1-5-17-13(16)15-14-12-8-11(9(2)3)7-6-10(12)4/h6,11H,2,5,7-8H2,1,3-4H3,(H,15,16)/t11-/m0/s1. The lowest BCUT2D eigenvalue weighted by Gasteiger charge is -2.22. The molecule has 0 saturated heterocycles. The molecule has 1 aliphatic rings. The normalized spacial score (nSPS) is 21.9. The van der Waals surface area contributed by atoms with Crippen LogP contribution in [0.5, 0.6) is 0 Å². The number of hydrogen-bond acceptors (Lipinski definition) is 3. The Morgan fingerprint density at radius 1 is 1.71 bits per heavy atom. The molecule has 4 nitrogen and oxygen atoms in total. The summed E-state index contributed by atoms with van der Waals surface area (Å²) in [5.74, 6) is 0.418. The van der Waals surface area contributed by atoms with Gasteiger partial charge >= 0.3 is 6.09 Å². The molecule has 0 unspecified atom stereocenters. The molecule has 0 spiro atoms. The van der Waals surface area contributed by atoms with Gasteiger partial charge in [-0.25, -0.2) is 10.2 Å². The van der Waals surface area contributed by atoms with Crippen LogP contribution in [0, 0.1) is 5.92 Å². The van der Waals surface area contributed by atoms with Crippen LogP contribution in [0.25, 0.3) is 0 Å². The van der Waals surface area contributed by atoms with Crippen molar-refractivity contribution in [1.82, 2.24) is 5.43 Å². The Morgan fingerprint density at radius 3 is 3.00 bits per heavy atom. The lowest BCUT2D eigenvalue weighted by atomic mass is 9.85. The van der Waals surface area contributed by atoms with Crippen LogP contribution in [-0.2, 0) is 4.74 Å². The third-order valence-corrected chi connectivity index (χ3v) is 2.86. The Labute approximate surface area is 102 Å². The second kappa shape index (κ2) is 6.23. The van der Waals surface area contributed by atoms with Crippen LogP contribution < -0.4 is 5.43 Å². The molecule has 1 atom stereocenters. The number of rotatable bonds is 3. The zero-order valence-electron chi connectivity index (χ0n) is 10.7. The summed E-state index contributed by atoms with van der Waals surface area (Å²) >= 11 is 0. The first-order chi connectivity index (χ1) is 8.04. The molecule has 0 aromatic heterocycles. The molecule has 1 N–H and O–H groups in total. The molecule has 0 heterocycles. The summed E-state index contributed by atoms with van der Waals surface area (Å²) in [5.41, 5.74) is 5.56. The summed E-state index contributed by atoms with van der Waals surface area (Å²) in [6.07, 6.45) is 3.45. The third-order valence-electron chi connectivity index (χ3n) is 2.86. The number of nitrogens with one attached hydrogen (secondary N) is 1. The Bertz CT molecular complexity index is 370. The van der Waals surface area contributed by atoms with E-state index < -0.39 is 6.09 Å². The summed E-state index contributed by atoms with van der Waals surface area (Å²) in [6, 6.07) is 0. The van der Waals surface area contributed by atoms with Gasteiger partial charge in [-0.2, -0.15) is 5.10 Å². The van der Waals surface area contributed by atoms with Gasteiger partial charge in [-0.05, 0) is 45.1 Å². The molecular weight excluding hydrogens is 216 g/mol. The summed E-state index contributed by atoms with van der Waals surface area (Å²) in [4.78, 5) is 11.1. The number of carbonyl (C=O) groups excluding carboxylic acids is 1. The van der Waals surface area contributed by atoms with Gasteiger partial charge in [-0.3, -0.25) is 0 Å². The molecule has 0 aromatic carbocycles.